The van der Waals surface area contributed by atoms with Crippen molar-refractivity contribution in [1.82, 2.24) is 0 Å². The second kappa shape index (κ2) is 20.6. The average Bonchev–Trinajstić information content (AvgIpc) is 2.43. The molecule has 0 bridgehead atoms. The minimum atomic E-state index is 0. The van der Waals surface area contributed by atoms with E-state index in [4.69, 9.17) is 0 Å². The lowest BCUT2D eigenvalue weighted by Gasteiger charge is -2.03. The molecule has 0 heterocycles. The Balaban J connectivity index is 0. The molecule has 0 rings (SSSR count). The SMILES string of the molecule is CCCCCCCCCCCCCCCCC[S+](C)C.[Cl-]. The van der Waals surface area contributed by atoms with Crippen LogP contribution in [0.15, 0.2) is 0 Å². The molecule has 2 heteroatoms. The largest absolute Gasteiger partial charge is 1.00 e. The number of rotatable bonds is 16. The lowest BCUT2D eigenvalue weighted by Crippen LogP contribution is -3.00. The van der Waals surface area contributed by atoms with Crippen LogP contribution in [0.1, 0.15) is 103 Å². The van der Waals surface area contributed by atoms with Gasteiger partial charge in [0.25, 0.3) is 0 Å². The summed E-state index contributed by atoms with van der Waals surface area (Å²) < 4.78 is 0. The minimum absolute atomic E-state index is 0. The van der Waals surface area contributed by atoms with Crippen molar-refractivity contribution in [3.63, 3.8) is 0 Å². The molecule has 0 N–H and O–H groups in total. The van der Waals surface area contributed by atoms with Crippen molar-refractivity contribution in [2.45, 2.75) is 103 Å². The van der Waals surface area contributed by atoms with Crippen molar-refractivity contribution in [3.05, 3.63) is 0 Å². The molecule has 0 aliphatic heterocycles. The van der Waals surface area contributed by atoms with Crippen LogP contribution in [0.2, 0.25) is 0 Å². The van der Waals surface area contributed by atoms with Gasteiger partial charge in [0.05, 0.1) is 12.5 Å². The number of unbranched alkanes of at least 4 members (excludes halogenated alkanes) is 14. The fourth-order valence-electron chi connectivity index (χ4n) is 2.76. The third-order valence-corrected chi connectivity index (χ3v) is 5.26. The van der Waals surface area contributed by atoms with Crippen LogP contribution in [0.25, 0.3) is 0 Å². The van der Waals surface area contributed by atoms with Crippen LogP contribution in [-0.2, 0) is 10.9 Å². The molecule has 0 aliphatic carbocycles. The highest BCUT2D eigenvalue weighted by Gasteiger charge is 2.00. The Morgan fingerprint density at radius 2 is 0.762 bits per heavy atom. The summed E-state index contributed by atoms with van der Waals surface area (Å²) in [5, 5.41) is 0. The summed E-state index contributed by atoms with van der Waals surface area (Å²) in [5.74, 6) is 1.46. The molecule has 0 aliphatic rings. The minimum Gasteiger partial charge on any atom is -1.00 e. The van der Waals surface area contributed by atoms with E-state index in [-0.39, 0.29) is 12.4 Å². The van der Waals surface area contributed by atoms with E-state index in [0.717, 1.165) is 0 Å². The molecule has 0 unspecified atom stereocenters. The van der Waals surface area contributed by atoms with Crippen LogP contribution in [0, 0.1) is 0 Å². The smallest absolute Gasteiger partial charge is 0.107 e. The summed E-state index contributed by atoms with van der Waals surface area (Å²) >= 11 is 0. The maximum absolute atomic E-state index is 2.36. The van der Waals surface area contributed by atoms with Crippen LogP contribution < -0.4 is 12.4 Å². The Hall–Kier alpha value is 0.640. The summed E-state index contributed by atoms with van der Waals surface area (Å²) in [4.78, 5) is 0. The van der Waals surface area contributed by atoms with Gasteiger partial charge in [0, 0.05) is 0 Å². The summed E-state index contributed by atoms with van der Waals surface area (Å²) in [6.45, 7) is 2.30. The third kappa shape index (κ3) is 23.0. The van der Waals surface area contributed by atoms with Crippen molar-refractivity contribution in [2.75, 3.05) is 18.3 Å². The van der Waals surface area contributed by atoms with Crippen molar-refractivity contribution in [2.24, 2.45) is 0 Å². The zero-order chi connectivity index (χ0) is 14.9. The van der Waals surface area contributed by atoms with Gasteiger partial charge in [-0.15, -0.1) is 0 Å². The molecule has 0 aromatic rings. The van der Waals surface area contributed by atoms with Crippen molar-refractivity contribution in [1.29, 1.82) is 0 Å². The van der Waals surface area contributed by atoms with Crippen molar-refractivity contribution >= 4 is 10.9 Å². The molecular weight excluding hydrogens is 296 g/mol. The Morgan fingerprint density at radius 3 is 1.05 bits per heavy atom. The molecule has 0 radical (unpaired) electrons. The van der Waals surface area contributed by atoms with E-state index in [1.165, 1.54) is 102 Å². The highest BCUT2D eigenvalue weighted by Crippen LogP contribution is 2.13. The quantitative estimate of drug-likeness (QED) is 0.297. The molecule has 0 aromatic heterocycles. The van der Waals surface area contributed by atoms with E-state index in [1.807, 2.05) is 0 Å². The van der Waals surface area contributed by atoms with E-state index in [0.29, 0.717) is 10.9 Å². The molecule has 130 valence electrons. The van der Waals surface area contributed by atoms with Crippen molar-refractivity contribution in [3.8, 4) is 0 Å². The first-order chi connectivity index (χ1) is 9.77. The second-order valence-corrected chi connectivity index (χ2v) is 9.02. The van der Waals surface area contributed by atoms with Gasteiger partial charge in [0.15, 0.2) is 0 Å². The normalized spacial score (nSPS) is 10.9. The summed E-state index contributed by atoms with van der Waals surface area (Å²) in [5.41, 5.74) is 0. The molecule has 0 atom stereocenters. The molecule has 0 saturated heterocycles. The topological polar surface area (TPSA) is 0 Å². The second-order valence-electron chi connectivity index (χ2n) is 6.64. The van der Waals surface area contributed by atoms with Crippen LogP contribution >= 0.6 is 0 Å². The molecule has 21 heavy (non-hydrogen) atoms. The van der Waals surface area contributed by atoms with E-state index < -0.39 is 0 Å². The summed E-state index contributed by atoms with van der Waals surface area (Å²) in [7, 11) is 0.668. The molecule has 0 fully saturated rings. The molecule has 0 nitrogen and oxygen atoms in total. The first-order valence-electron chi connectivity index (χ1n) is 9.31. The first kappa shape index (κ1) is 23.9. The maximum Gasteiger partial charge on any atom is 0.107 e. The molecule has 0 aromatic carbocycles. The van der Waals surface area contributed by atoms with E-state index in [9.17, 15) is 0 Å². The Bertz CT molecular complexity index is 171. The molecule has 0 spiro atoms. The van der Waals surface area contributed by atoms with Gasteiger partial charge in [0.2, 0.25) is 0 Å². The van der Waals surface area contributed by atoms with Gasteiger partial charge < -0.3 is 12.4 Å². The monoisotopic (exact) mass is 336 g/mol. The van der Waals surface area contributed by atoms with Crippen molar-refractivity contribution < 1.29 is 12.4 Å². The van der Waals surface area contributed by atoms with Gasteiger partial charge in [-0.2, -0.15) is 0 Å². The highest BCUT2D eigenvalue weighted by molar-refractivity contribution is 7.95. The van der Waals surface area contributed by atoms with Gasteiger partial charge in [-0.05, 0) is 23.7 Å². The zero-order valence-electron chi connectivity index (χ0n) is 15.1. The predicted molar refractivity (Wildman–Crippen MR) is 99.0 cm³/mol. The zero-order valence-corrected chi connectivity index (χ0v) is 16.7. The Morgan fingerprint density at radius 1 is 0.476 bits per heavy atom. The van der Waals surface area contributed by atoms with Crippen LogP contribution in [-0.4, -0.2) is 18.3 Å². The fraction of sp³-hybridized carbons (Fsp3) is 1.00. The van der Waals surface area contributed by atoms with Crippen LogP contribution in [0.5, 0.6) is 0 Å². The van der Waals surface area contributed by atoms with Crippen LogP contribution in [0.3, 0.4) is 0 Å². The lowest BCUT2D eigenvalue weighted by molar-refractivity contribution is -0.00000461. The standard InChI is InChI=1S/C19H41S.ClH/c1-4-5-6-7-8-9-10-11-12-13-14-15-16-17-18-19-20(2)3;/h4-19H2,1-3H3;1H/q+1;/p-1. The van der Waals surface area contributed by atoms with E-state index >= 15 is 0 Å². The average molecular weight is 337 g/mol. The van der Waals surface area contributed by atoms with Gasteiger partial charge in [-0.3, -0.25) is 0 Å². The molecule has 0 amide bonds. The lowest BCUT2D eigenvalue weighted by atomic mass is 10.0. The summed E-state index contributed by atoms with van der Waals surface area (Å²) in [6.07, 6.45) is 26.8. The number of hydrogen-bond donors (Lipinski definition) is 0. The Kier molecular flexibility index (Phi) is 23.5. The van der Waals surface area contributed by atoms with Crippen LogP contribution in [0.4, 0.5) is 0 Å². The Labute approximate surface area is 145 Å². The van der Waals surface area contributed by atoms with Gasteiger partial charge in [-0.1, -0.05) is 90.4 Å². The number of halogens is 1. The molecular formula is C19H41ClS. The van der Waals surface area contributed by atoms with E-state index in [1.54, 1.807) is 0 Å². The van der Waals surface area contributed by atoms with E-state index in [2.05, 4.69) is 19.4 Å². The predicted octanol–water partition coefficient (Wildman–Crippen LogP) is 3.74. The third-order valence-electron chi connectivity index (χ3n) is 4.16. The fourth-order valence-corrected chi connectivity index (χ4v) is 3.54. The maximum atomic E-state index is 2.36. The highest BCUT2D eigenvalue weighted by atomic mass is 35.5. The van der Waals surface area contributed by atoms with Gasteiger partial charge in [-0.25, -0.2) is 0 Å². The first-order valence-corrected chi connectivity index (χ1v) is 11.5. The number of hydrogen-bond acceptors (Lipinski definition) is 0. The van der Waals surface area contributed by atoms with Gasteiger partial charge in [0.1, 0.15) is 5.75 Å². The molecule has 0 saturated carbocycles. The van der Waals surface area contributed by atoms with Gasteiger partial charge >= 0.3 is 0 Å². The summed E-state index contributed by atoms with van der Waals surface area (Å²) in [6, 6.07) is 0.